The predicted octanol–water partition coefficient (Wildman–Crippen LogP) is 4.98. The first-order chi connectivity index (χ1) is 19.5. The van der Waals surface area contributed by atoms with Gasteiger partial charge in [0.25, 0.3) is 5.91 Å². The number of carbonyl (C=O) groups is 3. The fourth-order valence-electron chi connectivity index (χ4n) is 3.26. The van der Waals surface area contributed by atoms with Crippen molar-refractivity contribution in [2.45, 2.75) is 13.1 Å². The number of anilines is 2. The molecule has 0 aromatic heterocycles. The van der Waals surface area contributed by atoms with Gasteiger partial charge in [0, 0.05) is 10.2 Å². The molecule has 0 aliphatic heterocycles. The molecule has 41 heavy (non-hydrogen) atoms. The number of rotatable bonds is 10. The largest absolute Gasteiger partial charge is 0.497 e. The highest BCUT2D eigenvalue weighted by molar-refractivity contribution is 9.10. The van der Waals surface area contributed by atoms with Crippen molar-refractivity contribution in [1.82, 2.24) is 5.43 Å². The lowest BCUT2D eigenvalue weighted by atomic mass is 10.1. The number of halogens is 4. The fraction of sp³-hybridized carbons (Fsp3) is 0.185. The third-order valence-electron chi connectivity index (χ3n) is 5.12. The lowest BCUT2D eigenvalue weighted by Crippen LogP contribution is -2.32. The Morgan fingerprint density at radius 3 is 2.32 bits per heavy atom. The number of hydrazone groups is 1. The maximum absolute atomic E-state index is 13.3. The molecule has 3 rings (SSSR count). The van der Waals surface area contributed by atoms with Crippen LogP contribution in [0.5, 0.6) is 17.2 Å². The summed E-state index contributed by atoms with van der Waals surface area (Å²) in [7, 11) is 1.50. The first-order valence-electron chi connectivity index (χ1n) is 11.8. The number of hydrogen-bond acceptors (Lipinski definition) is 7. The van der Waals surface area contributed by atoms with Crippen molar-refractivity contribution in [2.24, 2.45) is 5.10 Å². The highest BCUT2D eigenvalue weighted by atomic mass is 79.9. The highest BCUT2D eigenvalue weighted by Crippen LogP contribution is 2.36. The standard InChI is InChI=1S/C27H24BrF3N4O6/c1-3-40-23-12-16(14-32-35-26(38)25(37)33-18-6-8-19(39-2)9-7-18)4-11-22(23)41-15-24(36)34-21-10-5-17(28)13-20(21)27(29,30)31/h4-14H,3,15H2,1-2H3,(H,33,37)(H,34,36)(H,35,38)/b32-14-. The van der Waals surface area contributed by atoms with Crippen LogP contribution < -0.4 is 30.3 Å². The summed E-state index contributed by atoms with van der Waals surface area (Å²) in [6.45, 7) is 1.35. The van der Waals surface area contributed by atoms with Gasteiger partial charge in [-0.2, -0.15) is 18.3 Å². The average Bonchev–Trinajstić information content (AvgIpc) is 2.93. The molecule has 0 saturated heterocycles. The zero-order valence-corrected chi connectivity index (χ0v) is 23.3. The molecule has 0 unspecified atom stereocenters. The van der Waals surface area contributed by atoms with Gasteiger partial charge in [-0.1, -0.05) is 15.9 Å². The number of amides is 3. The van der Waals surface area contributed by atoms with Crippen LogP contribution in [-0.4, -0.2) is 44.3 Å². The van der Waals surface area contributed by atoms with Crippen molar-refractivity contribution in [2.75, 3.05) is 31.0 Å². The van der Waals surface area contributed by atoms with Gasteiger partial charge in [0.1, 0.15) is 5.75 Å². The first kappa shape index (κ1) is 30.9. The maximum atomic E-state index is 13.3. The summed E-state index contributed by atoms with van der Waals surface area (Å²) in [5.74, 6) is -1.81. The van der Waals surface area contributed by atoms with Crippen molar-refractivity contribution >= 4 is 51.2 Å². The van der Waals surface area contributed by atoms with E-state index in [1.54, 1.807) is 31.2 Å². The van der Waals surface area contributed by atoms with E-state index in [9.17, 15) is 27.6 Å². The molecule has 3 aromatic carbocycles. The van der Waals surface area contributed by atoms with E-state index in [1.807, 2.05) is 0 Å². The van der Waals surface area contributed by atoms with Crippen molar-refractivity contribution in [1.29, 1.82) is 0 Å². The Morgan fingerprint density at radius 2 is 1.66 bits per heavy atom. The summed E-state index contributed by atoms with van der Waals surface area (Å²) in [5.41, 5.74) is 1.52. The van der Waals surface area contributed by atoms with Gasteiger partial charge in [-0.3, -0.25) is 14.4 Å². The van der Waals surface area contributed by atoms with Crippen LogP contribution in [0.25, 0.3) is 0 Å². The second kappa shape index (κ2) is 14.2. The number of methoxy groups -OCH3 is 1. The van der Waals surface area contributed by atoms with Gasteiger partial charge in [0.15, 0.2) is 18.1 Å². The monoisotopic (exact) mass is 636 g/mol. The van der Waals surface area contributed by atoms with E-state index in [1.165, 1.54) is 37.6 Å². The second-order valence-electron chi connectivity index (χ2n) is 8.05. The molecule has 0 aliphatic rings. The number of nitrogens with one attached hydrogen (secondary N) is 3. The number of nitrogens with zero attached hydrogens (tertiary/aromatic N) is 1. The summed E-state index contributed by atoms with van der Waals surface area (Å²) in [5, 5.41) is 8.38. The summed E-state index contributed by atoms with van der Waals surface area (Å²) < 4.78 is 56.2. The molecule has 0 spiro atoms. The molecule has 3 N–H and O–H groups in total. The Bertz CT molecular complexity index is 1430. The number of alkyl halides is 3. The van der Waals surface area contributed by atoms with Crippen molar-refractivity contribution in [3.05, 3.63) is 76.3 Å². The smallest absolute Gasteiger partial charge is 0.418 e. The zero-order valence-electron chi connectivity index (χ0n) is 21.7. The Labute approximate surface area is 241 Å². The van der Waals surface area contributed by atoms with Gasteiger partial charge in [0.2, 0.25) is 0 Å². The van der Waals surface area contributed by atoms with E-state index in [4.69, 9.17) is 14.2 Å². The van der Waals surface area contributed by atoms with Gasteiger partial charge in [-0.15, -0.1) is 0 Å². The molecule has 0 radical (unpaired) electrons. The zero-order chi connectivity index (χ0) is 30.0. The van der Waals surface area contributed by atoms with E-state index in [-0.39, 0.29) is 22.6 Å². The normalized spacial score (nSPS) is 11.1. The molecule has 14 heteroatoms. The quantitative estimate of drug-likeness (QED) is 0.164. The van der Waals surface area contributed by atoms with Gasteiger partial charge >= 0.3 is 18.0 Å². The number of hydrogen-bond donors (Lipinski definition) is 3. The number of carbonyl (C=O) groups excluding carboxylic acids is 3. The Morgan fingerprint density at radius 1 is 0.927 bits per heavy atom. The molecule has 0 fully saturated rings. The van der Waals surface area contributed by atoms with E-state index in [2.05, 4.69) is 37.1 Å². The Kier molecular flexibility index (Phi) is 10.7. The van der Waals surface area contributed by atoms with Gasteiger partial charge in [0.05, 0.1) is 31.2 Å². The summed E-state index contributed by atoms with van der Waals surface area (Å²) in [6.07, 6.45) is -3.42. The molecule has 0 bridgehead atoms. The van der Waals surface area contributed by atoms with Crippen molar-refractivity contribution in [3.63, 3.8) is 0 Å². The molecule has 3 amide bonds. The minimum atomic E-state index is -4.67. The van der Waals surface area contributed by atoms with Crippen molar-refractivity contribution in [3.8, 4) is 17.2 Å². The third-order valence-corrected chi connectivity index (χ3v) is 5.61. The number of benzene rings is 3. The number of ether oxygens (including phenoxy) is 3. The molecular formula is C27H24BrF3N4O6. The Balaban J connectivity index is 1.59. The third kappa shape index (κ3) is 9.24. The van der Waals surface area contributed by atoms with Crippen LogP contribution >= 0.6 is 15.9 Å². The van der Waals surface area contributed by atoms with E-state index >= 15 is 0 Å². The van der Waals surface area contributed by atoms with Crippen LogP contribution in [0.2, 0.25) is 0 Å². The molecule has 0 aliphatic carbocycles. The van der Waals surface area contributed by atoms with Crippen molar-refractivity contribution < 1.29 is 41.8 Å². The fourth-order valence-corrected chi connectivity index (χ4v) is 3.62. The Hall–Kier alpha value is -4.59. The second-order valence-corrected chi connectivity index (χ2v) is 8.96. The molecule has 10 nitrogen and oxygen atoms in total. The molecule has 216 valence electrons. The van der Waals surface area contributed by atoms with Crippen LogP contribution in [0.15, 0.2) is 70.2 Å². The van der Waals surface area contributed by atoms with Crippen LogP contribution in [-0.2, 0) is 20.6 Å². The van der Waals surface area contributed by atoms with Gasteiger partial charge < -0.3 is 24.8 Å². The van der Waals surface area contributed by atoms with Crippen LogP contribution in [0.1, 0.15) is 18.1 Å². The van der Waals surface area contributed by atoms with E-state index in [0.29, 0.717) is 17.0 Å². The predicted molar refractivity (Wildman–Crippen MR) is 148 cm³/mol. The summed E-state index contributed by atoms with van der Waals surface area (Å²) in [6, 6.07) is 14.2. The van der Waals surface area contributed by atoms with Crippen LogP contribution in [0.3, 0.4) is 0 Å². The minimum absolute atomic E-state index is 0.147. The topological polar surface area (TPSA) is 127 Å². The van der Waals surface area contributed by atoms with Gasteiger partial charge in [-0.05, 0) is 73.2 Å². The SMILES string of the molecule is CCOc1cc(/C=N\NC(=O)C(=O)Nc2ccc(OC)cc2)ccc1OCC(=O)Nc1ccc(Br)cc1C(F)(F)F. The maximum Gasteiger partial charge on any atom is 0.418 e. The molecule has 0 heterocycles. The van der Waals surface area contributed by atoms with E-state index < -0.39 is 41.8 Å². The average molecular weight is 637 g/mol. The lowest BCUT2D eigenvalue weighted by Gasteiger charge is -2.15. The van der Waals surface area contributed by atoms with E-state index in [0.717, 1.165) is 12.1 Å². The molecule has 0 saturated carbocycles. The summed E-state index contributed by atoms with van der Waals surface area (Å²) >= 11 is 2.99. The molecule has 0 atom stereocenters. The summed E-state index contributed by atoms with van der Waals surface area (Å²) in [4.78, 5) is 36.4. The van der Waals surface area contributed by atoms with Crippen LogP contribution in [0.4, 0.5) is 24.5 Å². The lowest BCUT2D eigenvalue weighted by molar-refractivity contribution is -0.137. The molecule has 3 aromatic rings. The van der Waals surface area contributed by atoms with Gasteiger partial charge in [-0.25, -0.2) is 5.43 Å². The molecular weight excluding hydrogens is 613 g/mol. The highest BCUT2D eigenvalue weighted by Gasteiger charge is 2.34. The first-order valence-corrected chi connectivity index (χ1v) is 12.6. The minimum Gasteiger partial charge on any atom is -0.497 e. The van der Waals surface area contributed by atoms with Crippen LogP contribution in [0, 0.1) is 0 Å².